The molecule has 1 fully saturated rings. The molecule has 0 spiro atoms. The second-order valence-electron chi connectivity index (χ2n) is 5.73. The zero-order chi connectivity index (χ0) is 18.1. The number of carbonyl (C=O) groups excluding carboxylic acids is 1. The van der Waals surface area contributed by atoms with E-state index in [-0.39, 0.29) is 17.5 Å². The van der Waals surface area contributed by atoms with Crippen LogP contribution >= 0.6 is 24.0 Å². The van der Waals surface area contributed by atoms with Crippen LogP contribution in [0.5, 0.6) is 0 Å². The molecule has 0 atom stereocenters. The van der Waals surface area contributed by atoms with Crippen molar-refractivity contribution in [2.24, 2.45) is 0 Å². The predicted molar refractivity (Wildman–Crippen MR) is 101 cm³/mol. The van der Waals surface area contributed by atoms with E-state index in [2.05, 4.69) is 0 Å². The summed E-state index contributed by atoms with van der Waals surface area (Å²) in [5.41, 5.74) is 0.979. The third-order valence-corrected chi connectivity index (χ3v) is 4.99. The van der Waals surface area contributed by atoms with Gasteiger partial charge in [-0.25, -0.2) is 4.79 Å². The highest BCUT2D eigenvalue weighted by molar-refractivity contribution is 8.26. The Kier molecular flexibility index (Phi) is 4.78. The Morgan fingerprint density at radius 1 is 1.24 bits per heavy atom. The first-order valence-corrected chi connectivity index (χ1v) is 8.80. The average molecular weight is 373 g/mol. The zero-order valence-electron chi connectivity index (χ0n) is 13.6. The van der Waals surface area contributed by atoms with Gasteiger partial charge in [-0.1, -0.05) is 36.1 Å². The van der Waals surface area contributed by atoms with Crippen molar-refractivity contribution in [1.29, 1.82) is 0 Å². The van der Waals surface area contributed by atoms with E-state index >= 15 is 0 Å². The molecule has 25 heavy (non-hydrogen) atoms. The van der Waals surface area contributed by atoms with Gasteiger partial charge in [-0.15, -0.1) is 0 Å². The van der Waals surface area contributed by atoms with Crippen molar-refractivity contribution in [2.45, 2.75) is 19.9 Å². The van der Waals surface area contributed by atoms with Crippen LogP contribution in [-0.4, -0.2) is 32.2 Å². The molecular formula is C18H15NO4S2. The average Bonchev–Trinajstić information content (AvgIpc) is 3.12. The van der Waals surface area contributed by atoms with Crippen molar-refractivity contribution < 1.29 is 19.1 Å². The van der Waals surface area contributed by atoms with E-state index in [4.69, 9.17) is 21.7 Å². The van der Waals surface area contributed by atoms with Crippen molar-refractivity contribution in [1.82, 2.24) is 4.90 Å². The molecule has 128 valence electrons. The minimum Gasteiger partial charge on any atom is -0.478 e. The van der Waals surface area contributed by atoms with Crippen LogP contribution in [0.25, 0.3) is 17.4 Å². The van der Waals surface area contributed by atoms with Crippen molar-refractivity contribution in [3.8, 4) is 11.3 Å². The van der Waals surface area contributed by atoms with E-state index in [9.17, 15) is 9.59 Å². The van der Waals surface area contributed by atoms with Crippen LogP contribution < -0.4 is 0 Å². The highest BCUT2D eigenvalue weighted by Crippen LogP contribution is 2.34. The van der Waals surface area contributed by atoms with Crippen LogP contribution in [0.2, 0.25) is 0 Å². The van der Waals surface area contributed by atoms with Gasteiger partial charge in [-0.2, -0.15) is 0 Å². The number of carbonyl (C=O) groups is 2. The van der Waals surface area contributed by atoms with Gasteiger partial charge >= 0.3 is 5.97 Å². The van der Waals surface area contributed by atoms with Gasteiger partial charge < -0.3 is 9.52 Å². The Balaban J connectivity index is 1.83. The maximum atomic E-state index is 12.4. The van der Waals surface area contributed by atoms with Crippen molar-refractivity contribution >= 4 is 46.3 Å². The second-order valence-corrected chi connectivity index (χ2v) is 7.41. The Labute approximate surface area is 154 Å². The number of hydrogen-bond donors (Lipinski definition) is 1. The van der Waals surface area contributed by atoms with E-state index in [1.54, 1.807) is 35.2 Å². The van der Waals surface area contributed by atoms with E-state index in [0.717, 1.165) is 5.56 Å². The summed E-state index contributed by atoms with van der Waals surface area (Å²) in [6.07, 6.45) is 1.68. The maximum absolute atomic E-state index is 12.4. The standard InChI is InChI=1S/C18H15NO4S2/c1-10(2)19-16(20)15(25-18(19)24)9-13-7-8-14(23-13)11-3-5-12(6-4-11)17(21)22/h3-10H,1-2H3,(H,21,22). The number of nitrogens with zero attached hydrogens (tertiary/aromatic N) is 1. The third kappa shape index (κ3) is 3.52. The Morgan fingerprint density at radius 2 is 1.92 bits per heavy atom. The number of thioether (sulfide) groups is 1. The maximum Gasteiger partial charge on any atom is 0.335 e. The van der Waals surface area contributed by atoms with Gasteiger partial charge in [0.1, 0.15) is 15.8 Å². The molecule has 2 heterocycles. The quantitative estimate of drug-likeness (QED) is 0.638. The number of rotatable bonds is 4. The first-order valence-electron chi connectivity index (χ1n) is 7.57. The smallest absolute Gasteiger partial charge is 0.335 e. The molecule has 0 radical (unpaired) electrons. The number of hydrogen-bond acceptors (Lipinski definition) is 5. The molecule has 1 N–H and O–H groups in total. The minimum atomic E-state index is -0.973. The van der Waals surface area contributed by atoms with Crippen LogP contribution in [0.15, 0.2) is 45.7 Å². The van der Waals surface area contributed by atoms with Crippen LogP contribution in [0.3, 0.4) is 0 Å². The number of carboxylic acid groups (broad SMARTS) is 1. The molecule has 2 aromatic rings. The fourth-order valence-corrected chi connectivity index (χ4v) is 3.92. The minimum absolute atomic E-state index is 0.0123. The molecule has 1 aromatic heterocycles. The summed E-state index contributed by atoms with van der Waals surface area (Å²) in [6.45, 7) is 3.83. The lowest BCUT2D eigenvalue weighted by Crippen LogP contribution is -2.34. The van der Waals surface area contributed by atoms with Gasteiger partial charge in [0, 0.05) is 17.7 Å². The summed E-state index contributed by atoms with van der Waals surface area (Å²) in [5.74, 6) is 0.0525. The highest BCUT2D eigenvalue weighted by Gasteiger charge is 2.33. The third-order valence-electron chi connectivity index (χ3n) is 3.66. The van der Waals surface area contributed by atoms with Crippen LogP contribution in [0.4, 0.5) is 0 Å². The number of aromatic carboxylic acids is 1. The molecule has 5 nitrogen and oxygen atoms in total. The topological polar surface area (TPSA) is 70.8 Å². The van der Waals surface area contributed by atoms with Crippen molar-refractivity contribution in [3.05, 3.63) is 52.6 Å². The zero-order valence-corrected chi connectivity index (χ0v) is 15.2. The fourth-order valence-electron chi connectivity index (χ4n) is 2.42. The van der Waals surface area contributed by atoms with E-state index in [0.29, 0.717) is 20.7 Å². The second kappa shape index (κ2) is 6.85. The first-order chi connectivity index (χ1) is 11.9. The summed E-state index contributed by atoms with van der Waals surface area (Å²) in [6, 6.07) is 9.97. The summed E-state index contributed by atoms with van der Waals surface area (Å²) < 4.78 is 6.30. The largest absolute Gasteiger partial charge is 0.478 e. The Hall–Kier alpha value is -2.38. The molecule has 7 heteroatoms. The molecule has 1 aliphatic rings. The summed E-state index contributed by atoms with van der Waals surface area (Å²) >= 11 is 6.51. The van der Waals surface area contributed by atoms with Crippen LogP contribution in [-0.2, 0) is 4.79 Å². The number of furan rings is 1. The van der Waals surface area contributed by atoms with Gasteiger partial charge in [0.2, 0.25) is 0 Å². The number of amides is 1. The van der Waals surface area contributed by atoms with E-state index < -0.39 is 5.97 Å². The summed E-state index contributed by atoms with van der Waals surface area (Å²) in [4.78, 5) is 25.4. The molecule has 0 unspecified atom stereocenters. The lowest BCUT2D eigenvalue weighted by Gasteiger charge is -2.18. The molecule has 1 saturated heterocycles. The van der Waals surface area contributed by atoms with Crippen molar-refractivity contribution in [3.63, 3.8) is 0 Å². The fraction of sp³-hybridized carbons (Fsp3) is 0.167. The summed E-state index contributed by atoms with van der Waals surface area (Å²) in [7, 11) is 0. The lowest BCUT2D eigenvalue weighted by atomic mass is 10.1. The van der Waals surface area contributed by atoms with Gasteiger partial charge in [0.05, 0.1) is 10.5 Å². The molecule has 1 aliphatic heterocycles. The Morgan fingerprint density at radius 3 is 2.48 bits per heavy atom. The molecule has 0 bridgehead atoms. The van der Waals surface area contributed by atoms with Crippen LogP contribution in [0.1, 0.15) is 30.0 Å². The number of thiocarbonyl (C=S) groups is 1. The molecule has 3 rings (SSSR count). The monoisotopic (exact) mass is 373 g/mol. The molecule has 0 saturated carbocycles. The first kappa shape index (κ1) is 17.4. The van der Waals surface area contributed by atoms with E-state index in [1.165, 1.54) is 23.9 Å². The van der Waals surface area contributed by atoms with E-state index in [1.807, 2.05) is 13.8 Å². The lowest BCUT2D eigenvalue weighted by molar-refractivity contribution is -0.123. The van der Waals surface area contributed by atoms with Crippen molar-refractivity contribution in [2.75, 3.05) is 0 Å². The summed E-state index contributed by atoms with van der Waals surface area (Å²) in [5, 5.41) is 8.94. The van der Waals surface area contributed by atoms with Gasteiger partial charge in [-0.3, -0.25) is 9.69 Å². The van der Waals surface area contributed by atoms with Gasteiger partial charge in [-0.05, 0) is 38.1 Å². The number of carboxylic acids is 1. The van der Waals surface area contributed by atoms with Gasteiger partial charge in [0.15, 0.2) is 0 Å². The SMILES string of the molecule is CC(C)N1C(=O)C(=Cc2ccc(-c3ccc(C(=O)O)cc3)o2)SC1=S. The molecule has 0 aliphatic carbocycles. The number of benzene rings is 1. The molecular weight excluding hydrogens is 358 g/mol. The molecule has 1 amide bonds. The Bertz CT molecular complexity index is 881. The predicted octanol–water partition coefficient (Wildman–Crippen LogP) is 4.25. The molecule has 1 aromatic carbocycles. The normalized spacial score (nSPS) is 16.3. The highest BCUT2D eigenvalue weighted by atomic mass is 32.2. The van der Waals surface area contributed by atoms with Crippen LogP contribution in [0, 0.1) is 0 Å². The van der Waals surface area contributed by atoms with Gasteiger partial charge in [0.25, 0.3) is 5.91 Å².